The number of fused-ring (bicyclic) bond motifs is 1. The number of amides is 1. The minimum atomic E-state index is -0.745. The first-order valence-electron chi connectivity index (χ1n) is 7.95. The Labute approximate surface area is 150 Å². The van der Waals surface area contributed by atoms with Gasteiger partial charge in [-0.2, -0.15) is 5.26 Å². The van der Waals surface area contributed by atoms with E-state index < -0.39 is 5.97 Å². The number of ether oxygens (including phenoxy) is 1. The monoisotopic (exact) mass is 348 g/mol. The van der Waals surface area contributed by atoms with E-state index in [2.05, 4.69) is 6.07 Å². The van der Waals surface area contributed by atoms with E-state index in [1.54, 1.807) is 48.5 Å². The van der Waals surface area contributed by atoms with Gasteiger partial charge in [-0.05, 0) is 23.8 Å². The molecule has 2 aromatic rings. The summed E-state index contributed by atoms with van der Waals surface area (Å²) < 4.78 is 4.70. The lowest BCUT2D eigenvalue weighted by atomic mass is 10.1. The predicted octanol–water partition coefficient (Wildman–Crippen LogP) is 2.94. The van der Waals surface area contributed by atoms with Crippen molar-refractivity contribution in [2.75, 3.05) is 12.0 Å². The third kappa shape index (κ3) is 3.03. The van der Waals surface area contributed by atoms with Gasteiger partial charge in [-0.3, -0.25) is 4.79 Å². The van der Waals surface area contributed by atoms with Crippen LogP contribution in [-0.4, -0.2) is 24.1 Å². The van der Waals surface area contributed by atoms with Crippen molar-refractivity contribution in [3.05, 3.63) is 70.8 Å². The van der Waals surface area contributed by atoms with Crippen molar-refractivity contribution < 1.29 is 19.4 Å². The highest BCUT2D eigenvalue weighted by Gasteiger charge is 2.31. The molecule has 26 heavy (non-hydrogen) atoms. The molecule has 0 atom stereocenters. The van der Waals surface area contributed by atoms with Gasteiger partial charge in [-0.1, -0.05) is 30.3 Å². The summed E-state index contributed by atoms with van der Waals surface area (Å²) in [7, 11) is 1.20. The number of nitriles is 1. The SMILES string of the molecule is COC(=O)C1=C(O)c2ccccc2N(Cc2ccccc2C#N)C(=O)C1. The molecule has 0 fully saturated rings. The topological polar surface area (TPSA) is 90.6 Å². The molecule has 6 nitrogen and oxygen atoms in total. The van der Waals surface area contributed by atoms with Gasteiger partial charge in [-0.15, -0.1) is 0 Å². The minimum absolute atomic E-state index is 0.0824. The number of esters is 1. The van der Waals surface area contributed by atoms with Crippen molar-refractivity contribution in [3.8, 4) is 6.07 Å². The molecule has 2 aromatic carbocycles. The Balaban J connectivity index is 2.10. The molecule has 0 unspecified atom stereocenters. The van der Waals surface area contributed by atoms with Crippen LogP contribution in [0.4, 0.5) is 5.69 Å². The summed E-state index contributed by atoms with van der Waals surface area (Å²) in [5.41, 5.74) is 1.91. The zero-order chi connectivity index (χ0) is 18.7. The van der Waals surface area contributed by atoms with Crippen LogP contribution < -0.4 is 4.90 Å². The molecule has 0 aromatic heterocycles. The van der Waals surface area contributed by atoms with Crippen molar-refractivity contribution >= 4 is 23.3 Å². The van der Waals surface area contributed by atoms with E-state index in [1.807, 2.05) is 0 Å². The first kappa shape index (κ1) is 17.2. The Kier molecular flexibility index (Phi) is 4.72. The van der Waals surface area contributed by atoms with Gasteiger partial charge in [0.2, 0.25) is 5.91 Å². The van der Waals surface area contributed by atoms with E-state index >= 15 is 0 Å². The Hall–Kier alpha value is -3.59. The maximum absolute atomic E-state index is 12.8. The minimum Gasteiger partial charge on any atom is -0.507 e. The Morgan fingerprint density at radius 2 is 1.92 bits per heavy atom. The third-order valence-corrected chi connectivity index (χ3v) is 4.26. The lowest BCUT2D eigenvalue weighted by Crippen LogP contribution is -2.31. The smallest absolute Gasteiger partial charge is 0.338 e. The van der Waals surface area contributed by atoms with Crippen LogP contribution in [0.2, 0.25) is 0 Å². The molecule has 1 N–H and O–H groups in total. The van der Waals surface area contributed by atoms with Crippen LogP contribution in [0.3, 0.4) is 0 Å². The van der Waals surface area contributed by atoms with E-state index in [4.69, 9.17) is 4.74 Å². The van der Waals surface area contributed by atoms with Crippen LogP contribution in [0.5, 0.6) is 0 Å². The van der Waals surface area contributed by atoms with Crippen LogP contribution >= 0.6 is 0 Å². The number of benzene rings is 2. The van der Waals surface area contributed by atoms with Crippen LogP contribution in [0.1, 0.15) is 23.1 Å². The highest BCUT2D eigenvalue weighted by molar-refractivity contribution is 6.09. The van der Waals surface area contributed by atoms with Gasteiger partial charge in [0.15, 0.2) is 0 Å². The number of rotatable bonds is 3. The number of hydrogen-bond acceptors (Lipinski definition) is 5. The molecule has 1 heterocycles. The van der Waals surface area contributed by atoms with Gasteiger partial charge in [0.25, 0.3) is 0 Å². The second-order valence-corrected chi connectivity index (χ2v) is 5.76. The van der Waals surface area contributed by atoms with E-state index in [-0.39, 0.29) is 30.2 Å². The average molecular weight is 348 g/mol. The van der Waals surface area contributed by atoms with Gasteiger partial charge >= 0.3 is 5.97 Å². The van der Waals surface area contributed by atoms with Crippen LogP contribution in [0, 0.1) is 11.3 Å². The van der Waals surface area contributed by atoms with Gasteiger partial charge in [0, 0.05) is 5.56 Å². The molecule has 1 aliphatic rings. The van der Waals surface area contributed by atoms with Crippen molar-refractivity contribution in [3.63, 3.8) is 0 Å². The molecule has 0 aliphatic carbocycles. The standard InChI is InChI=1S/C20H16N2O4/c1-26-20(25)16-10-18(23)22(12-14-7-3-2-6-13(14)11-21)17-9-5-4-8-15(17)19(16)24/h2-9,24H,10,12H2,1H3. The number of para-hydroxylation sites is 1. The second-order valence-electron chi connectivity index (χ2n) is 5.76. The molecule has 0 saturated carbocycles. The van der Waals surface area contributed by atoms with Gasteiger partial charge < -0.3 is 14.7 Å². The zero-order valence-electron chi connectivity index (χ0n) is 14.1. The first-order valence-corrected chi connectivity index (χ1v) is 7.95. The van der Waals surface area contributed by atoms with Crippen molar-refractivity contribution in [2.45, 2.75) is 13.0 Å². The summed E-state index contributed by atoms with van der Waals surface area (Å²) in [6, 6.07) is 15.9. The molecule has 3 rings (SSSR count). The van der Waals surface area contributed by atoms with Crippen LogP contribution in [0.15, 0.2) is 54.1 Å². The number of carbonyl (C=O) groups is 2. The summed E-state index contributed by atoms with van der Waals surface area (Å²) in [6.07, 6.45) is -0.290. The van der Waals surface area contributed by atoms with Crippen LogP contribution in [0.25, 0.3) is 5.76 Å². The Morgan fingerprint density at radius 1 is 1.23 bits per heavy atom. The Morgan fingerprint density at radius 3 is 2.65 bits per heavy atom. The summed E-state index contributed by atoms with van der Waals surface area (Å²) in [4.78, 5) is 26.3. The predicted molar refractivity (Wildman–Crippen MR) is 95.0 cm³/mol. The molecule has 1 aliphatic heterocycles. The van der Waals surface area contributed by atoms with Gasteiger partial charge in [0.1, 0.15) is 5.76 Å². The molecular formula is C20H16N2O4. The summed E-state index contributed by atoms with van der Waals surface area (Å²) in [5.74, 6) is -1.38. The molecule has 6 heteroatoms. The van der Waals surface area contributed by atoms with E-state index in [0.717, 1.165) is 0 Å². The maximum Gasteiger partial charge on any atom is 0.338 e. The maximum atomic E-state index is 12.8. The van der Waals surface area contributed by atoms with Crippen molar-refractivity contribution in [2.24, 2.45) is 0 Å². The highest BCUT2D eigenvalue weighted by Crippen LogP contribution is 2.34. The van der Waals surface area contributed by atoms with Crippen molar-refractivity contribution in [1.82, 2.24) is 0 Å². The zero-order valence-corrected chi connectivity index (χ0v) is 14.1. The average Bonchev–Trinajstić information content (AvgIpc) is 2.78. The second kappa shape index (κ2) is 7.11. The number of hydrogen-bond donors (Lipinski definition) is 1. The molecule has 0 saturated heterocycles. The molecule has 130 valence electrons. The quantitative estimate of drug-likeness (QED) is 0.861. The largest absolute Gasteiger partial charge is 0.507 e. The highest BCUT2D eigenvalue weighted by atomic mass is 16.5. The fraction of sp³-hybridized carbons (Fsp3) is 0.150. The normalized spacial score (nSPS) is 13.7. The van der Waals surface area contributed by atoms with E-state index in [1.165, 1.54) is 12.0 Å². The molecular weight excluding hydrogens is 332 g/mol. The summed E-state index contributed by atoms with van der Waals surface area (Å²) >= 11 is 0. The summed E-state index contributed by atoms with van der Waals surface area (Å²) in [6.45, 7) is 0.154. The molecule has 1 amide bonds. The number of anilines is 1. The first-order chi connectivity index (χ1) is 12.6. The number of nitrogens with zero attached hydrogens (tertiary/aromatic N) is 2. The lowest BCUT2D eigenvalue weighted by Gasteiger charge is -2.23. The van der Waals surface area contributed by atoms with E-state index in [9.17, 15) is 20.0 Å². The number of aliphatic hydroxyl groups excluding tert-OH is 1. The number of aliphatic hydroxyl groups is 1. The lowest BCUT2D eigenvalue weighted by molar-refractivity contribution is -0.137. The van der Waals surface area contributed by atoms with Crippen LogP contribution in [-0.2, 0) is 20.9 Å². The summed E-state index contributed by atoms with van der Waals surface area (Å²) in [5, 5.41) is 19.8. The van der Waals surface area contributed by atoms with Gasteiger partial charge in [-0.25, -0.2) is 4.79 Å². The van der Waals surface area contributed by atoms with Crippen molar-refractivity contribution in [1.29, 1.82) is 5.26 Å². The molecule has 0 bridgehead atoms. The number of methoxy groups -OCH3 is 1. The fourth-order valence-corrected chi connectivity index (χ4v) is 2.94. The Bertz CT molecular complexity index is 956. The fourth-order valence-electron chi connectivity index (χ4n) is 2.94. The molecule has 0 radical (unpaired) electrons. The molecule has 0 spiro atoms. The van der Waals surface area contributed by atoms with Gasteiger partial charge in [0.05, 0.1) is 43.0 Å². The third-order valence-electron chi connectivity index (χ3n) is 4.26. The number of carbonyl (C=O) groups excluding carboxylic acids is 2. The van der Waals surface area contributed by atoms with E-state index in [0.29, 0.717) is 22.4 Å².